The zero-order chi connectivity index (χ0) is 9.14. The second-order valence-electron chi connectivity index (χ2n) is 2.31. The third kappa shape index (κ3) is 1.73. The number of hydrogen-bond donors (Lipinski definition) is 1. The lowest BCUT2D eigenvalue weighted by Gasteiger charge is -2.07. The van der Waals surface area contributed by atoms with E-state index in [-0.39, 0.29) is 11.4 Å². The summed E-state index contributed by atoms with van der Waals surface area (Å²) in [5.41, 5.74) is -0.106. The Kier molecular flexibility index (Phi) is 3.00. The molecular weight excluding hydrogens is 186 g/mol. The van der Waals surface area contributed by atoms with Crippen LogP contribution in [-0.2, 0) is 0 Å². The molecule has 1 N–H and O–H groups in total. The van der Waals surface area contributed by atoms with Gasteiger partial charge < -0.3 is 5.11 Å². The minimum atomic E-state index is -1.15. The molecule has 0 aliphatic heterocycles. The summed E-state index contributed by atoms with van der Waals surface area (Å²) in [5.74, 6) is -2.16. The van der Waals surface area contributed by atoms with Gasteiger partial charge in [0.05, 0.1) is 12.0 Å². The van der Waals surface area contributed by atoms with E-state index in [2.05, 4.69) is 0 Å². The molecule has 0 aromatic heterocycles. The number of rotatable bonds is 2. The van der Waals surface area contributed by atoms with Crippen molar-refractivity contribution in [2.75, 3.05) is 5.88 Å². The number of benzene rings is 1. The Balaban J connectivity index is 3.07. The molecule has 0 radical (unpaired) electrons. The topological polar surface area (TPSA) is 20.2 Å². The van der Waals surface area contributed by atoms with Gasteiger partial charge in [0.1, 0.15) is 0 Å². The van der Waals surface area contributed by atoms with E-state index in [1.807, 2.05) is 0 Å². The molecular formula is C8H7ClF2O. The molecule has 1 aromatic carbocycles. The van der Waals surface area contributed by atoms with Crippen LogP contribution in [0.2, 0.25) is 0 Å². The van der Waals surface area contributed by atoms with Crippen LogP contribution in [0.1, 0.15) is 11.7 Å². The van der Waals surface area contributed by atoms with Gasteiger partial charge in [0.2, 0.25) is 0 Å². The normalized spacial score (nSPS) is 13.0. The van der Waals surface area contributed by atoms with Gasteiger partial charge in [0, 0.05) is 5.56 Å². The quantitative estimate of drug-likeness (QED) is 0.713. The number of halogens is 3. The van der Waals surface area contributed by atoms with E-state index in [0.29, 0.717) is 0 Å². The maximum absolute atomic E-state index is 12.8. The minimum Gasteiger partial charge on any atom is -0.387 e. The number of alkyl halides is 1. The first-order chi connectivity index (χ1) is 5.66. The van der Waals surface area contributed by atoms with Crippen molar-refractivity contribution in [1.29, 1.82) is 0 Å². The third-order valence-corrected chi connectivity index (χ3v) is 1.78. The summed E-state index contributed by atoms with van der Waals surface area (Å²) in [6, 6.07) is 3.61. The van der Waals surface area contributed by atoms with Gasteiger partial charge in [-0.15, -0.1) is 11.6 Å². The first-order valence-corrected chi connectivity index (χ1v) is 3.88. The maximum Gasteiger partial charge on any atom is 0.164 e. The second-order valence-corrected chi connectivity index (χ2v) is 2.62. The van der Waals surface area contributed by atoms with Crippen molar-refractivity contribution in [3.05, 3.63) is 35.4 Å². The van der Waals surface area contributed by atoms with Gasteiger partial charge in [-0.1, -0.05) is 12.1 Å². The van der Waals surface area contributed by atoms with E-state index < -0.39 is 17.7 Å². The lowest BCUT2D eigenvalue weighted by atomic mass is 10.1. The monoisotopic (exact) mass is 192 g/mol. The van der Waals surface area contributed by atoms with Crippen LogP contribution in [0.5, 0.6) is 0 Å². The first kappa shape index (κ1) is 9.42. The zero-order valence-electron chi connectivity index (χ0n) is 6.10. The van der Waals surface area contributed by atoms with Crippen molar-refractivity contribution >= 4 is 11.6 Å². The SMILES string of the molecule is O[C@@H](CCl)c1cccc(F)c1F. The molecule has 0 bridgehead atoms. The highest BCUT2D eigenvalue weighted by atomic mass is 35.5. The van der Waals surface area contributed by atoms with Crippen LogP contribution < -0.4 is 0 Å². The molecule has 0 saturated carbocycles. The second kappa shape index (κ2) is 3.83. The lowest BCUT2D eigenvalue weighted by molar-refractivity contribution is 0.196. The summed E-state index contributed by atoms with van der Waals surface area (Å²) in [6.07, 6.45) is -1.15. The molecule has 1 atom stereocenters. The van der Waals surface area contributed by atoms with Gasteiger partial charge in [0.25, 0.3) is 0 Å². The molecule has 1 aromatic rings. The van der Waals surface area contributed by atoms with E-state index in [9.17, 15) is 8.78 Å². The van der Waals surface area contributed by atoms with E-state index in [1.54, 1.807) is 0 Å². The Bertz CT molecular complexity index is 278. The Morgan fingerprint density at radius 1 is 1.42 bits per heavy atom. The van der Waals surface area contributed by atoms with Crippen LogP contribution in [0, 0.1) is 11.6 Å². The average molecular weight is 193 g/mol. The van der Waals surface area contributed by atoms with Gasteiger partial charge in [-0.3, -0.25) is 0 Å². The van der Waals surface area contributed by atoms with Gasteiger partial charge in [-0.2, -0.15) is 0 Å². The molecule has 0 unspecified atom stereocenters. The molecule has 0 fully saturated rings. The Morgan fingerprint density at radius 3 is 2.67 bits per heavy atom. The minimum absolute atomic E-state index is 0.106. The van der Waals surface area contributed by atoms with Gasteiger partial charge >= 0.3 is 0 Å². The number of hydrogen-bond acceptors (Lipinski definition) is 1. The van der Waals surface area contributed by atoms with Gasteiger partial charge in [0.15, 0.2) is 11.6 Å². The largest absolute Gasteiger partial charge is 0.387 e. The molecule has 12 heavy (non-hydrogen) atoms. The predicted molar refractivity (Wildman–Crippen MR) is 42.0 cm³/mol. The summed E-state index contributed by atoms with van der Waals surface area (Å²) in [4.78, 5) is 0. The molecule has 0 heterocycles. The lowest BCUT2D eigenvalue weighted by Crippen LogP contribution is -2.03. The molecule has 0 amide bonds. The molecule has 0 aliphatic carbocycles. The fourth-order valence-corrected chi connectivity index (χ4v) is 1.03. The zero-order valence-corrected chi connectivity index (χ0v) is 6.85. The highest BCUT2D eigenvalue weighted by Gasteiger charge is 2.14. The van der Waals surface area contributed by atoms with Crippen molar-refractivity contribution in [1.82, 2.24) is 0 Å². The summed E-state index contributed by atoms with van der Waals surface area (Å²) < 4.78 is 25.4. The summed E-state index contributed by atoms with van der Waals surface area (Å²) in [5, 5.41) is 9.10. The average Bonchev–Trinajstić information content (AvgIpc) is 2.08. The number of aliphatic hydroxyl groups is 1. The molecule has 1 nitrogen and oxygen atoms in total. The molecule has 0 spiro atoms. The maximum atomic E-state index is 12.8. The van der Waals surface area contributed by atoms with E-state index >= 15 is 0 Å². The third-order valence-electron chi connectivity index (χ3n) is 1.49. The van der Waals surface area contributed by atoms with Crippen molar-refractivity contribution in [2.45, 2.75) is 6.10 Å². The molecule has 4 heteroatoms. The van der Waals surface area contributed by atoms with Crippen LogP contribution in [0.4, 0.5) is 8.78 Å². The van der Waals surface area contributed by atoms with Crippen LogP contribution in [0.25, 0.3) is 0 Å². The van der Waals surface area contributed by atoms with Gasteiger partial charge in [-0.25, -0.2) is 8.78 Å². The molecule has 0 aliphatic rings. The van der Waals surface area contributed by atoms with E-state index in [1.165, 1.54) is 12.1 Å². The van der Waals surface area contributed by atoms with Crippen LogP contribution in [0.15, 0.2) is 18.2 Å². The highest BCUT2D eigenvalue weighted by Crippen LogP contribution is 2.19. The number of aliphatic hydroxyl groups excluding tert-OH is 1. The van der Waals surface area contributed by atoms with Crippen LogP contribution in [-0.4, -0.2) is 11.0 Å². The summed E-state index contributed by atoms with van der Waals surface area (Å²) in [6.45, 7) is 0. The molecule has 0 saturated heterocycles. The Morgan fingerprint density at radius 2 is 2.08 bits per heavy atom. The highest BCUT2D eigenvalue weighted by molar-refractivity contribution is 6.18. The Labute approximate surface area is 73.6 Å². The van der Waals surface area contributed by atoms with E-state index in [0.717, 1.165) is 6.07 Å². The van der Waals surface area contributed by atoms with Crippen LogP contribution in [0.3, 0.4) is 0 Å². The first-order valence-electron chi connectivity index (χ1n) is 3.34. The van der Waals surface area contributed by atoms with Crippen molar-refractivity contribution in [3.63, 3.8) is 0 Å². The Hall–Kier alpha value is -0.670. The standard InChI is InChI=1S/C8H7ClF2O/c9-4-7(12)5-2-1-3-6(10)8(5)11/h1-3,7,12H,4H2/t7-/m0/s1. The predicted octanol–water partition coefficient (Wildman–Crippen LogP) is 2.24. The molecule has 66 valence electrons. The van der Waals surface area contributed by atoms with E-state index in [4.69, 9.17) is 16.7 Å². The van der Waals surface area contributed by atoms with Crippen molar-refractivity contribution in [3.8, 4) is 0 Å². The molecule has 1 rings (SSSR count). The fraction of sp³-hybridized carbons (Fsp3) is 0.250. The summed E-state index contributed by atoms with van der Waals surface area (Å²) >= 11 is 5.27. The van der Waals surface area contributed by atoms with Crippen LogP contribution >= 0.6 is 11.6 Å². The van der Waals surface area contributed by atoms with Gasteiger partial charge in [-0.05, 0) is 6.07 Å². The summed E-state index contributed by atoms with van der Waals surface area (Å²) in [7, 11) is 0. The van der Waals surface area contributed by atoms with Crippen molar-refractivity contribution in [2.24, 2.45) is 0 Å². The fourth-order valence-electron chi connectivity index (χ4n) is 0.861. The smallest absolute Gasteiger partial charge is 0.164 e. The van der Waals surface area contributed by atoms with Crippen molar-refractivity contribution < 1.29 is 13.9 Å².